The number of aromatic nitrogens is 2. The first kappa shape index (κ1) is 16.8. The molecule has 1 aliphatic carbocycles. The minimum absolute atomic E-state index is 0.0932. The lowest BCUT2D eigenvalue weighted by Crippen LogP contribution is -2.61. The van der Waals surface area contributed by atoms with Crippen molar-refractivity contribution in [2.24, 2.45) is 11.8 Å². The van der Waals surface area contributed by atoms with E-state index in [0.29, 0.717) is 25.4 Å². The largest absolute Gasteiger partial charge is 0.389 e. The van der Waals surface area contributed by atoms with Gasteiger partial charge >= 0.3 is 0 Å². The fraction of sp³-hybridized carbons (Fsp3) is 0.737. The van der Waals surface area contributed by atoms with Crippen LogP contribution in [0, 0.1) is 18.8 Å². The van der Waals surface area contributed by atoms with E-state index >= 15 is 0 Å². The molecular weight excluding hydrogens is 316 g/mol. The van der Waals surface area contributed by atoms with Crippen molar-refractivity contribution in [1.29, 1.82) is 0 Å². The maximum atomic E-state index is 12.8. The molecule has 0 unspecified atom stereocenters. The maximum Gasteiger partial charge on any atom is 0.225 e. The van der Waals surface area contributed by atoms with Crippen LogP contribution in [0.5, 0.6) is 0 Å². The van der Waals surface area contributed by atoms with Crippen molar-refractivity contribution in [3.05, 3.63) is 18.1 Å². The van der Waals surface area contributed by atoms with Crippen molar-refractivity contribution >= 4 is 11.7 Å². The van der Waals surface area contributed by atoms with Crippen molar-refractivity contribution in [2.45, 2.75) is 51.0 Å². The van der Waals surface area contributed by atoms with Crippen LogP contribution < -0.4 is 4.90 Å². The van der Waals surface area contributed by atoms with Crippen molar-refractivity contribution in [3.63, 3.8) is 0 Å². The van der Waals surface area contributed by atoms with Crippen molar-refractivity contribution in [3.8, 4) is 0 Å². The fourth-order valence-corrected chi connectivity index (χ4v) is 4.76. The van der Waals surface area contributed by atoms with E-state index in [0.717, 1.165) is 43.9 Å². The van der Waals surface area contributed by atoms with Gasteiger partial charge in [0.15, 0.2) is 0 Å². The maximum absolute atomic E-state index is 12.8. The smallest absolute Gasteiger partial charge is 0.225 e. The average Bonchev–Trinajstić information content (AvgIpc) is 3.14. The van der Waals surface area contributed by atoms with Crippen LogP contribution in [0.4, 0.5) is 5.82 Å². The van der Waals surface area contributed by atoms with E-state index in [9.17, 15) is 9.90 Å². The molecule has 0 spiro atoms. The van der Waals surface area contributed by atoms with Gasteiger partial charge in [-0.05, 0) is 32.6 Å². The van der Waals surface area contributed by atoms with Crippen LogP contribution in [-0.2, 0) is 4.79 Å². The Balaban J connectivity index is 1.47. The summed E-state index contributed by atoms with van der Waals surface area (Å²) in [6.45, 7) is 4.90. The predicted octanol–water partition coefficient (Wildman–Crippen LogP) is 1.76. The summed E-state index contributed by atoms with van der Waals surface area (Å²) in [4.78, 5) is 25.6. The molecule has 1 saturated carbocycles. The Morgan fingerprint density at radius 3 is 2.72 bits per heavy atom. The molecule has 6 heteroatoms. The van der Waals surface area contributed by atoms with E-state index in [4.69, 9.17) is 0 Å². The Morgan fingerprint density at radius 1 is 1.20 bits per heavy atom. The normalized spacial score (nSPS) is 30.4. The summed E-state index contributed by atoms with van der Waals surface area (Å²) in [5.74, 6) is 1.55. The third kappa shape index (κ3) is 3.24. The van der Waals surface area contributed by atoms with Gasteiger partial charge in [-0.25, -0.2) is 9.97 Å². The molecule has 6 nitrogen and oxygen atoms in total. The van der Waals surface area contributed by atoms with E-state index in [2.05, 4.69) is 14.9 Å². The second kappa shape index (κ2) is 6.56. The molecule has 1 aromatic rings. The van der Waals surface area contributed by atoms with Crippen LogP contribution >= 0.6 is 0 Å². The molecule has 136 valence electrons. The lowest BCUT2D eigenvalue weighted by molar-refractivity contribution is -0.145. The molecule has 0 bridgehead atoms. The highest BCUT2D eigenvalue weighted by Crippen LogP contribution is 2.38. The van der Waals surface area contributed by atoms with Crippen LogP contribution in [0.1, 0.15) is 44.2 Å². The zero-order chi connectivity index (χ0) is 17.4. The van der Waals surface area contributed by atoms with Gasteiger partial charge in [0.25, 0.3) is 0 Å². The highest BCUT2D eigenvalue weighted by molar-refractivity contribution is 5.79. The number of carbonyl (C=O) groups excluding carboxylic acids is 1. The molecule has 4 rings (SSSR count). The summed E-state index contributed by atoms with van der Waals surface area (Å²) < 4.78 is 0. The quantitative estimate of drug-likeness (QED) is 0.885. The monoisotopic (exact) mass is 344 g/mol. The van der Waals surface area contributed by atoms with Gasteiger partial charge in [-0.3, -0.25) is 4.79 Å². The van der Waals surface area contributed by atoms with Gasteiger partial charge in [-0.2, -0.15) is 0 Å². The van der Waals surface area contributed by atoms with Crippen LogP contribution in [0.25, 0.3) is 0 Å². The summed E-state index contributed by atoms with van der Waals surface area (Å²) >= 11 is 0. The lowest BCUT2D eigenvalue weighted by Gasteiger charge is -2.50. The SMILES string of the molecule is Cc1cc(N2CC[C@@]3(O)CCN(C(=O)C4CCCC4)C[C@H]3C2)ncn1. The minimum atomic E-state index is -0.634. The van der Waals surface area contributed by atoms with Gasteiger partial charge in [0, 0.05) is 49.8 Å². The second-order valence-corrected chi connectivity index (χ2v) is 8.03. The summed E-state index contributed by atoms with van der Waals surface area (Å²) in [5, 5.41) is 11.1. The zero-order valence-electron chi connectivity index (χ0n) is 15.0. The third-order valence-corrected chi connectivity index (χ3v) is 6.40. The van der Waals surface area contributed by atoms with E-state index < -0.39 is 5.60 Å². The van der Waals surface area contributed by atoms with Crippen LogP contribution in [-0.4, -0.2) is 57.7 Å². The molecule has 0 radical (unpaired) electrons. The molecule has 1 amide bonds. The summed E-state index contributed by atoms with van der Waals surface area (Å²) in [6, 6.07) is 1.99. The van der Waals surface area contributed by atoms with E-state index in [1.54, 1.807) is 6.33 Å². The van der Waals surface area contributed by atoms with Crippen molar-refractivity contribution in [1.82, 2.24) is 14.9 Å². The number of rotatable bonds is 2. The minimum Gasteiger partial charge on any atom is -0.389 e. The Labute approximate surface area is 149 Å². The Hall–Kier alpha value is -1.69. The Morgan fingerprint density at radius 2 is 1.96 bits per heavy atom. The van der Waals surface area contributed by atoms with Crippen LogP contribution in [0.3, 0.4) is 0 Å². The molecule has 3 heterocycles. The highest BCUT2D eigenvalue weighted by atomic mass is 16.3. The number of nitrogens with zero attached hydrogens (tertiary/aromatic N) is 4. The molecule has 3 aliphatic rings. The van der Waals surface area contributed by atoms with Crippen molar-refractivity contribution < 1.29 is 9.90 Å². The van der Waals surface area contributed by atoms with Gasteiger partial charge in [-0.1, -0.05) is 12.8 Å². The van der Waals surface area contributed by atoms with Gasteiger partial charge < -0.3 is 14.9 Å². The predicted molar refractivity (Wildman–Crippen MR) is 95.2 cm³/mol. The fourth-order valence-electron chi connectivity index (χ4n) is 4.76. The number of fused-ring (bicyclic) bond motifs is 1. The first-order valence-electron chi connectivity index (χ1n) is 9.60. The van der Waals surface area contributed by atoms with E-state index in [1.807, 2.05) is 17.9 Å². The number of aliphatic hydroxyl groups is 1. The number of hydrogen-bond donors (Lipinski definition) is 1. The van der Waals surface area contributed by atoms with Gasteiger partial charge in [0.2, 0.25) is 5.91 Å². The molecule has 2 aliphatic heterocycles. The van der Waals surface area contributed by atoms with Gasteiger partial charge in [-0.15, -0.1) is 0 Å². The third-order valence-electron chi connectivity index (χ3n) is 6.40. The number of piperidine rings is 2. The lowest BCUT2D eigenvalue weighted by atomic mass is 9.75. The highest BCUT2D eigenvalue weighted by Gasteiger charge is 2.46. The second-order valence-electron chi connectivity index (χ2n) is 8.03. The summed E-state index contributed by atoms with van der Waals surface area (Å²) in [5.41, 5.74) is 0.318. The zero-order valence-corrected chi connectivity index (χ0v) is 15.0. The number of anilines is 1. The number of aryl methyl sites for hydroxylation is 1. The van der Waals surface area contributed by atoms with Crippen molar-refractivity contribution in [2.75, 3.05) is 31.1 Å². The Bertz CT molecular complexity index is 646. The molecule has 3 fully saturated rings. The summed E-state index contributed by atoms with van der Waals surface area (Å²) in [6.07, 6.45) is 7.48. The standard InChI is InChI=1S/C19H28N4O2/c1-14-10-17(21-13-20-14)22-8-6-19(25)7-9-23(12-16(19)11-22)18(24)15-4-2-3-5-15/h10,13,15-16,25H,2-9,11-12H2,1H3/t16-,19-/m1/s1. The first-order valence-corrected chi connectivity index (χ1v) is 9.60. The molecular formula is C19H28N4O2. The average molecular weight is 344 g/mol. The number of carbonyl (C=O) groups is 1. The molecule has 2 atom stereocenters. The Kier molecular flexibility index (Phi) is 4.40. The first-order chi connectivity index (χ1) is 12.0. The van der Waals surface area contributed by atoms with E-state index in [1.165, 1.54) is 12.8 Å². The number of likely N-dealkylation sites (tertiary alicyclic amines) is 1. The molecule has 25 heavy (non-hydrogen) atoms. The van der Waals surface area contributed by atoms with E-state index in [-0.39, 0.29) is 11.8 Å². The number of hydrogen-bond acceptors (Lipinski definition) is 5. The molecule has 1 aromatic heterocycles. The van der Waals surface area contributed by atoms with Crippen LogP contribution in [0.15, 0.2) is 12.4 Å². The molecule has 2 saturated heterocycles. The number of amides is 1. The summed E-state index contributed by atoms with van der Waals surface area (Å²) in [7, 11) is 0. The molecule has 0 aromatic carbocycles. The van der Waals surface area contributed by atoms with Gasteiger partial charge in [0.05, 0.1) is 5.60 Å². The molecule has 1 N–H and O–H groups in total. The van der Waals surface area contributed by atoms with Gasteiger partial charge in [0.1, 0.15) is 12.1 Å². The van der Waals surface area contributed by atoms with Crippen LogP contribution in [0.2, 0.25) is 0 Å². The topological polar surface area (TPSA) is 69.6 Å².